The summed E-state index contributed by atoms with van der Waals surface area (Å²) < 4.78 is 0. The van der Waals surface area contributed by atoms with Crippen LogP contribution in [0.15, 0.2) is 164 Å². The zero-order chi connectivity index (χ0) is 23.7. The summed E-state index contributed by atoms with van der Waals surface area (Å²) in [5.41, 5.74) is 8.60. The zero-order valence-electron chi connectivity index (χ0n) is 19.7. The molecule has 5 aromatic carbocycles. The largest absolute Gasteiger partial charge is 0.0647 e. The normalized spacial score (nSPS) is 10.5. The molecule has 0 amide bonds. The molecule has 0 aliphatic heterocycles. The van der Waals surface area contributed by atoms with Gasteiger partial charge in [0, 0.05) is 5.92 Å². The molecule has 0 unspecified atom stereocenters. The van der Waals surface area contributed by atoms with Crippen molar-refractivity contribution < 1.29 is 0 Å². The first kappa shape index (κ1) is 22.4. The number of benzene rings is 5. The van der Waals surface area contributed by atoms with Crippen LogP contribution in [0.1, 0.15) is 33.7 Å². The Balaban J connectivity index is 1.73. The third-order valence-electron chi connectivity index (χ3n) is 6.22. The highest BCUT2D eigenvalue weighted by molar-refractivity contribution is 5.83. The molecule has 5 aromatic rings. The van der Waals surface area contributed by atoms with E-state index in [9.17, 15) is 0 Å². The van der Waals surface area contributed by atoms with Gasteiger partial charge in [0.05, 0.1) is 0 Å². The Morgan fingerprint density at radius 2 is 0.600 bits per heavy atom. The maximum Gasteiger partial charge on any atom is 0.0217 e. The maximum absolute atomic E-state index is 2.41. The summed E-state index contributed by atoms with van der Waals surface area (Å²) in [5.74, 6) is 0.0852. The first-order valence-electron chi connectivity index (χ1n) is 12.1. The molecule has 0 spiro atoms. The van der Waals surface area contributed by atoms with E-state index in [0.717, 1.165) is 0 Å². The van der Waals surface area contributed by atoms with Crippen LogP contribution < -0.4 is 0 Å². The quantitative estimate of drug-likeness (QED) is 0.233. The van der Waals surface area contributed by atoms with E-state index in [1.54, 1.807) is 0 Å². The number of rotatable bonds is 7. The molecule has 0 saturated heterocycles. The van der Waals surface area contributed by atoms with E-state index in [2.05, 4.69) is 164 Å². The molecule has 0 bridgehead atoms. The molecule has 0 atom stereocenters. The van der Waals surface area contributed by atoms with Gasteiger partial charge in [-0.2, -0.15) is 0 Å². The van der Waals surface area contributed by atoms with E-state index in [-0.39, 0.29) is 5.92 Å². The van der Waals surface area contributed by atoms with Crippen LogP contribution in [0, 0.1) is 0 Å². The first-order chi connectivity index (χ1) is 17.4. The maximum atomic E-state index is 2.41. The monoisotopic (exact) mass is 448 g/mol. The van der Waals surface area contributed by atoms with Gasteiger partial charge in [0.2, 0.25) is 0 Å². The highest BCUT2D eigenvalue weighted by Gasteiger charge is 2.14. The fourth-order valence-electron chi connectivity index (χ4n) is 4.46. The van der Waals surface area contributed by atoms with Crippen LogP contribution >= 0.6 is 0 Å². The molecule has 168 valence electrons. The van der Waals surface area contributed by atoms with Crippen molar-refractivity contribution in [3.8, 4) is 0 Å². The second-order valence-electron chi connectivity index (χ2n) is 8.56. The average molecular weight is 449 g/mol. The van der Waals surface area contributed by atoms with Gasteiger partial charge >= 0.3 is 0 Å². The van der Waals surface area contributed by atoms with E-state index < -0.39 is 0 Å². The third-order valence-corrected chi connectivity index (χ3v) is 6.22. The molecule has 0 aliphatic rings. The average Bonchev–Trinajstić information content (AvgIpc) is 2.95. The Morgan fingerprint density at radius 3 is 0.886 bits per heavy atom. The zero-order valence-corrected chi connectivity index (χ0v) is 19.7. The van der Waals surface area contributed by atoms with Crippen molar-refractivity contribution >= 4 is 11.1 Å². The molecule has 0 N–H and O–H groups in total. The Morgan fingerprint density at radius 1 is 0.343 bits per heavy atom. The van der Waals surface area contributed by atoms with Crippen LogP contribution in [0.2, 0.25) is 0 Å². The van der Waals surface area contributed by atoms with E-state index in [4.69, 9.17) is 0 Å². The van der Waals surface area contributed by atoms with Crippen LogP contribution in [0.3, 0.4) is 0 Å². The highest BCUT2D eigenvalue weighted by atomic mass is 14.2. The minimum Gasteiger partial charge on any atom is -0.0647 e. The Bertz CT molecular complexity index is 1210. The van der Waals surface area contributed by atoms with Gasteiger partial charge in [-0.05, 0) is 39.0 Å². The minimum atomic E-state index is 0.0852. The van der Waals surface area contributed by atoms with Gasteiger partial charge in [0.1, 0.15) is 0 Å². The molecular formula is C35H28. The van der Waals surface area contributed by atoms with Crippen LogP contribution in [0.25, 0.3) is 11.1 Å². The van der Waals surface area contributed by atoms with Crippen molar-refractivity contribution in [1.29, 1.82) is 0 Å². The SMILES string of the molecule is C(=C(c1ccccc1)c1ccccc1)C(C=C(c1ccccc1)c1ccccc1)c1ccccc1. The van der Waals surface area contributed by atoms with Crippen molar-refractivity contribution in [2.45, 2.75) is 5.92 Å². The third kappa shape index (κ3) is 5.57. The van der Waals surface area contributed by atoms with Crippen molar-refractivity contribution in [3.05, 3.63) is 192 Å². The van der Waals surface area contributed by atoms with Gasteiger partial charge in [-0.3, -0.25) is 0 Å². The van der Waals surface area contributed by atoms with E-state index >= 15 is 0 Å². The number of hydrogen-bond donors (Lipinski definition) is 0. The number of hydrogen-bond acceptors (Lipinski definition) is 0. The molecule has 0 radical (unpaired) electrons. The first-order valence-corrected chi connectivity index (χ1v) is 12.1. The fourth-order valence-corrected chi connectivity index (χ4v) is 4.46. The van der Waals surface area contributed by atoms with Gasteiger partial charge in [0.25, 0.3) is 0 Å². The summed E-state index contributed by atoms with van der Waals surface area (Å²) in [5, 5.41) is 0. The second kappa shape index (κ2) is 11.1. The van der Waals surface area contributed by atoms with Gasteiger partial charge in [-0.1, -0.05) is 164 Å². The summed E-state index contributed by atoms with van der Waals surface area (Å²) in [4.78, 5) is 0. The molecule has 0 aromatic heterocycles. The molecule has 0 fully saturated rings. The Hall–Kier alpha value is -4.42. The minimum absolute atomic E-state index is 0.0852. The summed E-state index contributed by atoms with van der Waals surface area (Å²) in [6, 6.07) is 53.5. The standard InChI is InChI=1S/C35H28/c1-6-16-28(17-7-1)33(26-34(29-18-8-2-9-19-29)30-20-10-3-11-21-30)27-35(31-22-12-4-13-23-31)32-24-14-5-15-25-32/h1-27,33H. The Labute approximate surface area is 208 Å². The topological polar surface area (TPSA) is 0 Å². The Kier molecular flexibility index (Phi) is 7.12. The molecule has 0 heteroatoms. The van der Waals surface area contributed by atoms with Gasteiger partial charge in [-0.25, -0.2) is 0 Å². The second-order valence-corrected chi connectivity index (χ2v) is 8.56. The van der Waals surface area contributed by atoms with Crippen LogP contribution in [0.4, 0.5) is 0 Å². The van der Waals surface area contributed by atoms with E-state index in [0.29, 0.717) is 0 Å². The lowest BCUT2D eigenvalue weighted by Crippen LogP contribution is -1.98. The molecule has 5 rings (SSSR count). The summed E-state index contributed by atoms with van der Waals surface area (Å²) in [6.07, 6.45) is 4.82. The lowest BCUT2D eigenvalue weighted by Gasteiger charge is -2.17. The van der Waals surface area contributed by atoms with Crippen LogP contribution in [-0.2, 0) is 0 Å². The predicted octanol–water partition coefficient (Wildman–Crippen LogP) is 9.03. The van der Waals surface area contributed by atoms with Crippen LogP contribution in [-0.4, -0.2) is 0 Å². The van der Waals surface area contributed by atoms with Crippen molar-refractivity contribution in [2.75, 3.05) is 0 Å². The summed E-state index contributed by atoms with van der Waals surface area (Å²) >= 11 is 0. The van der Waals surface area contributed by atoms with Crippen molar-refractivity contribution in [1.82, 2.24) is 0 Å². The predicted molar refractivity (Wildman–Crippen MR) is 149 cm³/mol. The van der Waals surface area contributed by atoms with Crippen molar-refractivity contribution in [2.24, 2.45) is 0 Å². The molecule has 0 heterocycles. The lowest BCUT2D eigenvalue weighted by molar-refractivity contribution is 1.08. The fraction of sp³-hybridized carbons (Fsp3) is 0.0286. The van der Waals surface area contributed by atoms with Gasteiger partial charge in [0.15, 0.2) is 0 Å². The van der Waals surface area contributed by atoms with E-state index in [1.807, 2.05) is 0 Å². The van der Waals surface area contributed by atoms with Gasteiger partial charge in [-0.15, -0.1) is 0 Å². The molecule has 0 nitrogen and oxygen atoms in total. The molecule has 0 aliphatic carbocycles. The lowest BCUT2D eigenvalue weighted by atomic mass is 9.87. The van der Waals surface area contributed by atoms with E-state index in [1.165, 1.54) is 39.0 Å². The highest BCUT2D eigenvalue weighted by Crippen LogP contribution is 2.33. The van der Waals surface area contributed by atoms with Gasteiger partial charge < -0.3 is 0 Å². The molecule has 0 saturated carbocycles. The number of allylic oxidation sites excluding steroid dienone is 2. The van der Waals surface area contributed by atoms with Crippen LogP contribution in [0.5, 0.6) is 0 Å². The summed E-state index contributed by atoms with van der Waals surface area (Å²) in [6.45, 7) is 0. The summed E-state index contributed by atoms with van der Waals surface area (Å²) in [7, 11) is 0. The molecule has 35 heavy (non-hydrogen) atoms. The molecular weight excluding hydrogens is 420 g/mol. The smallest absolute Gasteiger partial charge is 0.0217 e. The van der Waals surface area contributed by atoms with Crippen molar-refractivity contribution in [3.63, 3.8) is 0 Å².